The Hall–Kier alpha value is -1.40. The minimum Gasteiger partial charge on any atom is -0.299 e. The van der Waals surface area contributed by atoms with Crippen LogP contribution < -0.4 is 0 Å². The Morgan fingerprint density at radius 1 is 1.16 bits per heavy atom. The molecule has 0 saturated heterocycles. The molecule has 0 aliphatic heterocycles. The van der Waals surface area contributed by atoms with Gasteiger partial charge in [0.1, 0.15) is 5.82 Å². The monoisotopic (exact) mass is 262 g/mol. The second kappa shape index (κ2) is 7.25. The van der Waals surface area contributed by atoms with Crippen LogP contribution in [0.3, 0.4) is 0 Å². The van der Waals surface area contributed by atoms with E-state index in [9.17, 15) is 4.39 Å². The largest absolute Gasteiger partial charge is 0.299 e. The van der Waals surface area contributed by atoms with Gasteiger partial charge in [-0.05, 0) is 35.6 Å². The maximum absolute atomic E-state index is 13.3. The predicted octanol–water partition coefficient (Wildman–Crippen LogP) is 3.81. The van der Waals surface area contributed by atoms with Crippen LogP contribution in [-0.4, -0.2) is 18.0 Å². The third kappa shape index (κ3) is 5.40. The highest BCUT2D eigenvalue weighted by molar-refractivity contribution is 5.37. The maximum atomic E-state index is 13.3. The van der Waals surface area contributed by atoms with E-state index >= 15 is 0 Å². The first-order valence-electron chi connectivity index (χ1n) is 6.83. The van der Waals surface area contributed by atoms with Crippen LogP contribution in [-0.2, 0) is 6.54 Å². The Labute approximate surface area is 115 Å². The van der Waals surface area contributed by atoms with Gasteiger partial charge in [-0.15, -0.1) is 0 Å². The van der Waals surface area contributed by atoms with E-state index in [1.54, 1.807) is 6.07 Å². The number of nitrogens with zero attached hydrogens (tertiary/aromatic N) is 2. The van der Waals surface area contributed by atoms with Crippen LogP contribution in [0, 0.1) is 29.0 Å². The van der Waals surface area contributed by atoms with Crippen LogP contribution in [0.25, 0.3) is 0 Å². The van der Waals surface area contributed by atoms with Gasteiger partial charge in [-0.3, -0.25) is 4.90 Å². The maximum Gasteiger partial charge on any atom is 0.123 e. The molecule has 0 heterocycles. The van der Waals surface area contributed by atoms with E-state index in [0.717, 1.165) is 18.7 Å². The van der Waals surface area contributed by atoms with Gasteiger partial charge in [-0.2, -0.15) is 5.26 Å². The summed E-state index contributed by atoms with van der Waals surface area (Å²) in [5, 5.41) is 9.10. The zero-order valence-electron chi connectivity index (χ0n) is 12.3. The summed E-state index contributed by atoms with van der Waals surface area (Å²) in [5.41, 5.74) is 1.35. The molecule has 0 aromatic heterocycles. The Balaban J connectivity index is 2.89. The van der Waals surface area contributed by atoms with Crippen LogP contribution >= 0.6 is 0 Å². The van der Waals surface area contributed by atoms with Crippen molar-refractivity contribution in [3.63, 3.8) is 0 Å². The van der Waals surface area contributed by atoms with Crippen LogP contribution in [0.4, 0.5) is 4.39 Å². The van der Waals surface area contributed by atoms with E-state index in [4.69, 9.17) is 5.26 Å². The molecular weight excluding hydrogens is 239 g/mol. The fraction of sp³-hybridized carbons (Fsp3) is 0.562. The molecule has 0 saturated carbocycles. The Morgan fingerprint density at radius 3 is 2.21 bits per heavy atom. The number of nitriles is 1. The van der Waals surface area contributed by atoms with Crippen molar-refractivity contribution in [2.24, 2.45) is 11.8 Å². The van der Waals surface area contributed by atoms with E-state index in [1.807, 2.05) is 0 Å². The number of benzene rings is 1. The van der Waals surface area contributed by atoms with Gasteiger partial charge in [0.15, 0.2) is 0 Å². The lowest BCUT2D eigenvalue weighted by atomic mass is 10.1. The van der Waals surface area contributed by atoms with Gasteiger partial charge >= 0.3 is 0 Å². The number of hydrogen-bond donors (Lipinski definition) is 0. The van der Waals surface area contributed by atoms with Crippen molar-refractivity contribution < 1.29 is 4.39 Å². The van der Waals surface area contributed by atoms with E-state index < -0.39 is 0 Å². The normalized spacial score (nSPS) is 11.3. The molecule has 0 aliphatic rings. The van der Waals surface area contributed by atoms with Crippen molar-refractivity contribution in [3.8, 4) is 6.07 Å². The second-order valence-corrected chi connectivity index (χ2v) is 5.90. The summed E-state index contributed by atoms with van der Waals surface area (Å²) in [6, 6.07) is 6.53. The van der Waals surface area contributed by atoms with E-state index in [0.29, 0.717) is 23.9 Å². The van der Waals surface area contributed by atoms with E-state index in [1.165, 1.54) is 12.1 Å². The van der Waals surface area contributed by atoms with E-state index in [2.05, 4.69) is 38.7 Å². The molecule has 0 atom stereocenters. The fourth-order valence-electron chi connectivity index (χ4n) is 2.28. The summed E-state index contributed by atoms with van der Waals surface area (Å²) < 4.78 is 13.3. The summed E-state index contributed by atoms with van der Waals surface area (Å²) in [7, 11) is 0. The second-order valence-electron chi connectivity index (χ2n) is 5.90. The molecule has 0 radical (unpaired) electrons. The molecule has 0 fully saturated rings. The summed E-state index contributed by atoms with van der Waals surface area (Å²) in [6.07, 6.45) is 0. The van der Waals surface area contributed by atoms with Crippen molar-refractivity contribution >= 4 is 0 Å². The summed E-state index contributed by atoms with van der Waals surface area (Å²) in [6.45, 7) is 11.2. The van der Waals surface area contributed by atoms with Crippen LogP contribution in [0.2, 0.25) is 0 Å². The molecule has 0 bridgehead atoms. The lowest BCUT2D eigenvalue weighted by molar-refractivity contribution is 0.211. The molecule has 2 nitrogen and oxygen atoms in total. The van der Waals surface area contributed by atoms with Gasteiger partial charge in [-0.25, -0.2) is 4.39 Å². The molecule has 0 aliphatic carbocycles. The number of halogens is 1. The summed E-state index contributed by atoms with van der Waals surface area (Å²) in [5.74, 6) is 0.832. The molecule has 1 aromatic rings. The van der Waals surface area contributed by atoms with Crippen molar-refractivity contribution in [2.45, 2.75) is 34.2 Å². The third-order valence-corrected chi connectivity index (χ3v) is 2.83. The highest BCUT2D eigenvalue weighted by atomic mass is 19.1. The van der Waals surface area contributed by atoms with Crippen molar-refractivity contribution in [3.05, 3.63) is 35.1 Å². The van der Waals surface area contributed by atoms with Crippen molar-refractivity contribution in [1.29, 1.82) is 5.26 Å². The van der Waals surface area contributed by atoms with Gasteiger partial charge < -0.3 is 0 Å². The van der Waals surface area contributed by atoms with Gasteiger partial charge in [0.2, 0.25) is 0 Å². The van der Waals surface area contributed by atoms with Crippen molar-refractivity contribution in [1.82, 2.24) is 4.90 Å². The molecule has 0 spiro atoms. The average molecular weight is 262 g/mol. The number of rotatable bonds is 6. The van der Waals surface area contributed by atoms with Gasteiger partial charge in [0, 0.05) is 19.6 Å². The minimum atomic E-state index is -0.275. The Kier molecular flexibility index (Phi) is 5.98. The molecule has 1 aromatic carbocycles. The first kappa shape index (κ1) is 15.7. The van der Waals surface area contributed by atoms with Crippen LogP contribution in [0.5, 0.6) is 0 Å². The quantitative estimate of drug-likeness (QED) is 0.779. The molecular formula is C16H23FN2. The zero-order chi connectivity index (χ0) is 14.4. The zero-order valence-corrected chi connectivity index (χ0v) is 12.3. The first-order chi connectivity index (χ1) is 8.92. The smallest absolute Gasteiger partial charge is 0.123 e. The Bertz CT molecular complexity index is 437. The summed E-state index contributed by atoms with van der Waals surface area (Å²) >= 11 is 0. The van der Waals surface area contributed by atoms with Gasteiger partial charge in [0.05, 0.1) is 11.6 Å². The molecule has 1 rings (SSSR count). The molecule has 0 N–H and O–H groups in total. The molecule has 3 heteroatoms. The molecule has 0 amide bonds. The fourth-order valence-corrected chi connectivity index (χ4v) is 2.28. The van der Waals surface area contributed by atoms with E-state index in [-0.39, 0.29) is 5.82 Å². The topological polar surface area (TPSA) is 27.0 Å². The van der Waals surface area contributed by atoms with Gasteiger partial charge in [-0.1, -0.05) is 27.7 Å². The number of hydrogen-bond acceptors (Lipinski definition) is 2. The SMILES string of the molecule is CC(C)CN(Cc1cc(F)ccc1C#N)CC(C)C. The standard InChI is InChI=1S/C16H23FN2/c1-12(2)9-19(10-13(3)4)11-15-7-16(17)6-5-14(15)8-18/h5-7,12-13H,9-11H2,1-4H3. The highest BCUT2D eigenvalue weighted by Crippen LogP contribution is 2.15. The predicted molar refractivity (Wildman–Crippen MR) is 76.1 cm³/mol. The lowest BCUT2D eigenvalue weighted by Gasteiger charge is -2.26. The minimum absolute atomic E-state index is 0.275. The van der Waals surface area contributed by atoms with Crippen molar-refractivity contribution in [2.75, 3.05) is 13.1 Å². The molecule has 19 heavy (non-hydrogen) atoms. The molecule has 104 valence electrons. The van der Waals surface area contributed by atoms with Crippen LogP contribution in [0.1, 0.15) is 38.8 Å². The first-order valence-corrected chi connectivity index (χ1v) is 6.83. The van der Waals surface area contributed by atoms with Crippen LogP contribution in [0.15, 0.2) is 18.2 Å². The molecule has 0 unspecified atom stereocenters. The Morgan fingerprint density at radius 2 is 1.74 bits per heavy atom. The summed E-state index contributed by atoms with van der Waals surface area (Å²) in [4.78, 5) is 2.30. The third-order valence-electron chi connectivity index (χ3n) is 2.83. The lowest BCUT2D eigenvalue weighted by Crippen LogP contribution is -2.31. The van der Waals surface area contributed by atoms with Gasteiger partial charge in [0.25, 0.3) is 0 Å². The highest BCUT2D eigenvalue weighted by Gasteiger charge is 2.13. The average Bonchev–Trinajstić information content (AvgIpc) is 2.27.